The lowest BCUT2D eigenvalue weighted by molar-refractivity contribution is 0.213. The fourth-order valence-electron chi connectivity index (χ4n) is 3.14. The third kappa shape index (κ3) is 2.86. The van der Waals surface area contributed by atoms with Gasteiger partial charge < -0.3 is 19.9 Å². The lowest BCUT2D eigenvalue weighted by atomic mass is 10.1. The number of hydrogen-bond donors (Lipinski definition) is 2. The molecule has 4 rings (SSSR count). The summed E-state index contributed by atoms with van der Waals surface area (Å²) < 4.78 is 7.88. The molecule has 1 unspecified atom stereocenters. The topological polar surface area (TPSA) is 81.1 Å². The van der Waals surface area contributed by atoms with Gasteiger partial charge in [0.15, 0.2) is 5.82 Å². The number of hydrogen-bond acceptors (Lipinski definition) is 4. The number of fused-ring (bicyclic) bond motifs is 2. The predicted octanol–water partition coefficient (Wildman–Crippen LogP) is 1.03. The number of aromatic nitrogens is 3. The number of para-hydroxylation sites is 1. The van der Waals surface area contributed by atoms with Crippen LogP contribution in [0.3, 0.4) is 0 Å². The van der Waals surface area contributed by atoms with Crippen LogP contribution < -0.4 is 15.4 Å². The Bertz CT molecular complexity index is 702. The number of carbonyl (C=O) groups is 1. The van der Waals surface area contributed by atoms with Crippen molar-refractivity contribution in [1.29, 1.82) is 0 Å². The van der Waals surface area contributed by atoms with Crippen LogP contribution in [0.1, 0.15) is 23.6 Å². The number of carbonyl (C=O) groups excluding carboxylic acids is 1. The summed E-state index contributed by atoms with van der Waals surface area (Å²) >= 11 is 0. The van der Waals surface area contributed by atoms with Crippen LogP contribution in [-0.4, -0.2) is 33.4 Å². The Balaban J connectivity index is 1.24. The first-order valence-electron chi connectivity index (χ1n) is 7.97. The first-order chi connectivity index (χ1) is 11.3. The van der Waals surface area contributed by atoms with Crippen LogP contribution >= 0.6 is 0 Å². The third-order valence-electron chi connectivity index (χ3n) is 4.30. The third-order valence-corrected chi connectivity index (χ3v) is 4.30. The first-order valence-corrected chi connectivity index (χ1v) is 7.97. The van der Waals surface area contributed by atoms with E-state index in [9.17, 15) is 4.79 Å². The highest BCUT2D eigenvalue weighted by Gasteiger charge is 2.23. The summed E-state index contributed by atoms with van der Waals surface area (Å²) in [7, 11) is 0. The molecule has 0 saturated heterocycles. The maximum absolute atomic E-state index is 11.9. The summed E-state index contributed by atoms with van der Waals surface area (Å²) in [6, 6.07) is 7.77. The minimum absolute atomic E-state index is 0.00418. The smallest absolute Gasteiger partial charge is 0.315 e. The summed E-state index contributed by atoms with van der Waals surface area (Å²) in [4.78, 5) is 11.9. The van der Waals surface area contributed by atoms with Crippen molar-refractivity contribution in [3.05, 3.63) is 41.5 Å². The first kappa shape index (κ1) is 14.0. The summed E-state index contributed by atoms with van der Waals surface area (Å²) in [5.74, 6) is 2.75. The number of ether oxygens (including phenoxy) is 1. The molecule has 2 aliphatic heterocycles. The number of rotatable bonds is 4. The number of nitrogens with one attached hydrogen (secondary N) is 2. The maximum Gasteiger partial charge on any atom is 0.315 e. The van der Waals surface area contributed by atoms with E-state index in [2.05, 4.69) is 31.5 Å². The summed E-state index contributed by atoms with van der Waals surface area (Å²) in [5.41, 5.74) is 1.19. The molecule has 1 aromatic carbocycles. The van der Waals surface area contributed by atoms with E-state index in [-0.39, 0.29) is 12.1 Å². The van der Waals surface area contributed by atoms with E-state index in [1.54, 1.807) is 0 Å². The Kier molecular flexibility index (Phi) is 3.61. The van der Waals surface area contributed by atoms with Crippen molar-refractivity contribution in [2.24, 2.45) is 0 Å². The van der Waals surface area contributed by atoms with Crippen LogP contribution in [0.15, 0.2) is 24.3 Å². The minimum Gasteiger partial charge on any atom is -0.488 e. The average molecular weight is 313 g/mol. The highest BCUT2D eigenvalue weighted by atomic mass is 16.5. The minimum atomic E-state index is -0.208. The number of urea groups is 1. The van der Waals surface area contributed by atoms with Crippen molar-refractivity contribution in [1.82, 2.24) is 25.4 Å². The zero-order valence-corrected chi connectivity index (χ0v) is 12.8. The van der Waals surface area contributed by atoms with Gasteiger partial charge in [-0.25, -0.2) is 4.79 Å². The van der Waals surface area contributed by atoms with Crippen LogP contribution in [0.25, 0.3) is 0 Å². The average Bonchev–Trinajstić information content (AvgIpc) is 3.25. The zero-order valence-electron chi connectivity index (χ0n) is 12.8. The van der Waals surface area contributed by atoms with E-state index in [0.717, 1.165) is 43.2 Å². The molecule has 0 aliphatic carbocycles. The predicted molar refractivity (Wildman–Crippen MR) is 83.1 cm³/mol. The van der Waals surface area contributed by atoms with Gasteiger partial charge in [0.2, 0.25) is 0 Å². The summed E-state index contributed by atoms with van der Waals surface area (Å²) in [6.45, 7) is 1.82. The van der Waals surface area contributed by atoms with Crippen LogP contribution in [0, 0.1) is 0 Å². The molecular formula is C16H19N5O2. The molecule has 2 N–H and O–H groups in total. The Morgan fingerprint density at radius 1 is 1.30 bits per heavy atom. The van der Waals surface area contributed by atoms with Gasteiger partial charge >= 0.3 is 6.03 Å². The fourth-order valence-corrected chi connectivity index (χ4v) is 3.14. The molecule has 23 heavy (non-hydrogen) atoms. The second-order valence-electron chi connectivity index (χ2n) is 5.90. The summed E-state index contributed by atoms with van der Waals surface area (Å²) in [5, 5.41) is 13.9. The molecule has 1 atom stereocenters. The van der Waals surface area contributed by atoms with Gasteiger partial charge in [0, 0.05) is 19.4 Å². The van der Waals surface area contributed by atoms with Gasteiger partial charge in [-0.3, -0.25) is 0 Å². The molecule has 7 nitrogen and oxygen atoms in total. The van der Waals surface area contributed by atoms with Crippen molar-refractivity contribution in [3.8, 4) is 5.75 Å². The van der Waals surface area contributed by atoms with Crippen molar-refractivity contribution < 1.29 is 9.53 Å². The lowest BCUT2D eigenvalue weighted by Crippen LogP contribution is -2.41. The fraction of sp³-hybridized carbons (Fsp3) is 0.438. The molecule has 2 aliphatic rings. The van der Waals surface area contributed by atoms with Crippen LogP contribution in [0.5, 0.6) is 5.75 Å². The monoisotopic (exact) mass is 313 g/mol. The van der Waals surface area contributed by atoms with E-state index in [4.69, 9.17) is 4.74 Å². The number of aryl methyl sites for hydroxylation is 1. The quantitative estimate of drug-likeness (QED) is 0.883. The van der Waals surface area contributed by atoms with E-state index < -0.39 is 0 Å². The molecule has 0 saturated carbocycles. The Morgan fingerprint density at radius 2 is 2.22 bits per heavy atom. The van der Waals surface area contributed by atoms with Gasteiger partial charge in [-0.15, -0.1) is 10.2 Å². The van der Waals surface area contributed by atoms with Crippen molar-refractivity contribution in [3.63, 3.8) is 0 Å². The van der Waals surface area contributed by atoms with Crippen molar-refractivity contribution >= 4 is 6.03 Å². The maximum atomic E-state index is 11.9. The van der Waals surface area contributed by atoms with Crippen LogP contribution in [0.4, 0.5) is 4.79 Å². The number of nitrogens with zero attached hydrogens (tertiary/aromatic N) is 3. The second-order valence-corrected chi connectivity index (χ2v) is 5.90. The van der Waals surface area contributed by atoms with Crippen LogP contribution in [0.2, 0.25) is 0 Å². The highest BCUT2D eigenvalue weighted by Crippen LogP contribution is 2.27. The van der Waals surface area contributed by atoms with E-state index in [0.29, 0.717) is 13.1 Å². The number of benzene rings is 1. The van der Waals surface area contributed by atoms with Gasteiger partial charge in [0.05, 0.1) is 13.1 Å². The standard InChI is InChI=1S/C16H19N5O2/c22-16(18-10-15-20-19-14-6-3-7-21(14)15)17-9-12-8-11-4-1-2-5-13(11)23-12/h1-2,4-5,12H,3,6-10H2,(H2,17,18,22). The Hall–Kier alpha value is -2.57. The highest BCUT2D eigenvalue weighted by molar-refractivity contribution is 5.73. The SMILES string of the molecule is O=C(NCc1nnc2n1CCC2)NCC1Cc2ccccc2O1. The molecule has 7 heteroatoms. The molecule has 3 heterocycles. The molecule has 2 aromatic rings. The Morgan fingerprint density at radius 3 is 3.13 bits per heavy atom. The van der Waals surface area contributed by atoms with E-state index >= 15 is 0 Å². The van der Waals surface area contributed by atoms with Gasteiger partial charge in [-0.2, -0.15) is 0 Å². The number of amides is 2. The molecule has 120 valence electrons. The molecule has 0 fully saturated rings. The van der Waals surface area contributed by atoms with E-state index in [1.807, 2.05) is 18.2 Å². The Labute approximate surface area is 134 Å². The van der Waals surface area contributed by atoms with Crippen molar-refractivity contribution in [2.75, 3.05) is 6.54 Å². The lowest BCUT2D eigenvalue weighted by Gasteiger charge is -2.12. The van der Waals surface area contributed by atoms with Gasteiger partial charge in [0.1, 0.15) is 17.7 Å². The molecule has 0 bridgehead atoms. The van der Waals surface area contributed by atoms with Gasteiger partial charge in [-0.05, 0) is 18.1 Å². The molecule has 2 amide bonds. The molecule has 1 aromatic heterocycles. The zero-order chi connectivity index (χ0) is 15.6. The van der Waals surface area contributed by atoms with Crippen molar-refractivity contribution in [2.45, 2.75) is 38.5 Å². The normalized spacial score (nSPS) is 18.2. The van der Waals surface area contributed by atoms with E-state index in [1.165, 1.54) is 5.56 Å². The van der Waals surface area contributed by atoms with Gasteiger partial charge in [-0.1, -0.05) is 18.2 Å². The summed E-state index contributed by atoms with van der Waals surface area (Å²) in [6.07, 6.45) is 2.90. The molecule has 0 radical (unpaired) electrons. The van der Waals surface area contributed by atoms with Gasteiger partial charge in [0.25, 0.3) is 0 Å². The molecular weight excluding hydrogens is 294 g/mol. The van der Waals surface area contributed by atoms with Crippen LogP contribution in [-0.2, 0) is 25.9 Å². The largest absolute Gasteiger partial charge is 0.488 e. The second kappa shape index (κ2) is 5.91. The molecule has 0 spiro atoms.